The minimum atomic E-state index is 0.121. The fraction of sp³-hybridized carbons (Fsp3) is 0.435. The molecule has 3 heteroatoms. The number of nitrogens with one attached hydrogen (secondary N) is 1. The Balaban J connectivity index is 1.67. The second-order valence-corrected chi connectivity index (χ2v) is 7.71. The molecule has 3 nitrogen and oxygen atoms in total. The minimum Gasteiger partial charge on any atom is -0.352 e. The molecule has 138 valence electrons. The Morgan fingerprint density at radius 1 is 1.04 bits per heavy atom. The quantitative estimate of drug-likeness (QED) is 0.791. The second kappa shape index (κ2) is 9.00. The van der Waals surface area contributed by atoms with Crippen LogP contribution in [0.5, 0.6) is 0 Å². The van der Waals surface area contributed by atoms with E-state index >= 15 is 0 Å². The molecular formula is C23H30N2O. The van der Waals surface area contributed by atoms with Crippen molar-refractivity contribution in [1.29, 1.82) is 0 Å². The highest BCUT2D eigenvalue weighted by molar-refractivity contribution is 5.76. The zero-order valence-corrected chi connectivity index (χ0v) is 16.0. The van der Waals surface area contributed by atoms with Gasteiger partial charge in [-0.25, -0.2) is 0 Å². The average Bonchev–Trinajstić information content (AvgIpc) is 3.13. The molecule has 2 aromatic rings. The molecule has 1 saturated heterocycles. The van der Waals surface area contributed by atoms with Crippen LogP contribution in [-0.2, 0) is 17.9 Å². The van der Waals surface area contributed by atoms with Gasteiger partial charge in [0.25, 0.3) is 0 Å². The first-order valence-corrected chi connectivity index (χ1v) is 9.78. The lowest BCUT2D eigenvalue weighted by Gasteiger charge is -2.15. The largest absolute Gasteiger partial charge is 0.352 e. The Morgan fingerprint density at radius 3 is 2.42 bits per heavy atom. The molecule has 0 unspecified atom stereocenters. The number of nitrogens with zero attached hydrogens (tertiary/aromatic N) is 1. The lowest BCUT2D eigenvalue weighted by molar-refractivity contribution is -0.121. The van der Waals surface area contributed by atoms with Gasteiger partial charge in [-0.1, -0.05) is 62.4 Å². The van der Waals surface area contributed by atoms with E-state index in [4.69, 9.17) is 0 Å². The van der Waals surface area contributed by atoms with E-state index in [2.05, 4.69) is 66.5 Å². The molecule has 3 rings (SSSR count). The molecule has 26 heavy (non-hydrogen) atoms. The van der Waals surface area contributed by atoms with Crippen LogP contribution in [0.2, 0.25) is 0 Å². The predicted molar refractivity (Wildman–Crippen MR) is 108 cm³/mol. The van der Waals surface area contributed by atoms with Crippen LogP contribution in [-0.4, -0.2) is 23.9 Å². The summed E-state index contributed by atoms with van der Waals surface area (Å²) in [5.74, 6) is 0.504. The smallest absolute Gasteiger partial charge is 0.220 e. The summed E-state index contributed by atoms with van der Waals surface area (Å²) in [6.07, 6.45) is 3.23. The van der Waals surface area contributed by atoms with Gasteiger partial charge in [-0.05, 0) is 54.1 Å². The molecule has 0 aliphatic carbocycles. The lowest BCUT2D eigenvalue weighted by Crippen LogP contribution is -2.24. The van der Waals surface area contributed by atoms with Crippen LogP contribution >= 0.6 is 0 Å². The van der Waals surface area contributed by atoms with Crippen molar-refractivity contribution in [1.82, 2.24) is 10.2 Å². The van der Waals surface area contributed by atoms with Crippen LogP contribution in [0.3, 0.4) is 0 Å². The first-order valence-electron chi connectivity index (χ1n) is 9.78. The highest BCUT2D eigenvalue weighted by Crippen LogP contribution is 2.25. The van der Waals surface area contributed by atoms with E-state index < -0.39 is 0 Å². The fourth-order valence-corrected chi connectivity index (χ4v) is 3.58. The summed E-state index contributed by atoms with van der Waals surface area (Å²) in [6.45, 7) is 8.21. The first-order chi connectivity index (χ1) is 12.6. The second-order valence-electron chi connectivity index (χ2n) is 7.71. The summed E-state index contributed by atoms with van der Waals surface area (Å²) in [7, 11) is 0. The SMILES string of the molecule is CC(C)CC(=O)NCc1ccccc1-c1ccc(CN2CCCC2)cc1. The molecule has 1 N–H and O–H groups in total. The summed E-state index contributed by atoms with van der Waals surface area (Å²) in [5, 5.41) is 3.05. The number of benzene rings is 2. The van der Waals surface area contributed by atoms with Gasteiger partial charge in [0.1, 0.15) is 0 Å². The van der Waals surface area contributed by atoms with E-state index in [1.165, 1.54) is 42.6 Å². The molecule has 0 bridgehead atoms. The molecule has 0 radical (unpaired) electrons. The molecule has 1 heterocycles. The normalized spacial score (nSPS) is 14.7. The zero-order chi connectivity index (χ0) is 18.4. The Hall–Kier alpha value is -2.13. The summed E-state index contributed by atoms with van der Waals surface area (Å²) in [6, 6.07) is 17.2. The molecule has 1 aliphatic rings. The van der Waals surface area contributed by atoms with Crippen molar-refractivity contribution in [2.24, 2.45) is 5.92 Å². The van der Waals surface area contributed by atoms with Crippen LogP contribution in [0.4, 0.5) is 0 Å². The highest BCUT2D eigenvalue weighted by atomic mass is 16.1. The number of rotatable bonds is 7. The van der Waals surface area contributed by atoms with Crippen molar-refractivity contribution >= 4 is 5.91 Å². The van der Waals surface area contributed by atoms with E-state index in [0.717, 1.165) is 12.1 Å². The van der Waals surface area contributed by atoms with Crippen molar-refractivity contribution < 1.29 is 4.79 Å². The summed E-state index contributed by atoms with van der Waals surface area (Å²) in [5.41, 5.74) is 4.95. The van der Waals surface area contributed by atoms with Crippen molar-refractivity contribution in [3.05, 3.63) is 59.7 Å². The Bertz CT molecular complexity index is 715. The molecule has 0 saturated carbocycles. The van der Waals surface area contributed by atoms with Gasteiger partial charge in [0.05, 0.1) is 0 Å². The van der Waals surface area contributed by atoms with Gasteiger partial charge in [0, 0.05) is 19.5 Å². The van der Waals surface area contributed by atoms with Crippen LogP contribution in [0.1, 0.15) is 44.2 Å². The third-order valence-electron chi connectivity index (χ3n) is 4.96. The van der Waals surface area contributed by atoms with Crippen LogP contribution in [0, 0.1) is 5.92 Å². The van der Waals surface area contributed by atoms with E-state index in [9.17, 15) is 4.79 Å². The van der Waals surface area contributed by atoms with Crippen molar-refractivity contribution in [3.63, 3.8) is 0 Å². The molecule has 1 amide bonds. The predicted octanol–water partition coefficient (Wildman–Crippen LogP) is 4.61. The molecule has 1 fully saturated rings. The third kappa shape index (κ3) is 5.18. The van der Waals surface area contributed by atoms with Crippen LogP contribution in [0.25, 0.3) is 11.1 Å². The summed E-state index contributed by atoms with van der Waals surface area (Å²) < 4.78 is 0. The minimum absolute atomic E-state index is 0.121. The number of carbonyl (C=O) groups excluding carboxylic acids is 1. The van der Waals surface area contributed by atoms with Gasteiger partial charge in [-0.2, -0.15) is 0 Å². The van der Waals surface area contributed by atoms with Crippen molar-refractivity contribution in [2.75, 3.05) is 13.1 Å². The van der Waals surface area contributed by atoms with E-state index in [1.54, 1.807) is 0 Å². The molecule has 0 spiro atoms. The number of amides is 1. The van der Waals surface area contributed by atoms with Gasteiger partial charge < -0.3 is 5.32 Å². The zero-order valence-electron chi connectivity index (χ0n) is 16.0. The van der Waals surface area contributed by atoms with Crippen LogP contribution < -0.4 is 5.32 Å². The average molecular weight is 351 g/mol. The van der Waals surface area contributed by atoms with Gasteiger partial charge in [-0.3, -0.25) is 9.69 Å². The molecule has 0 atom stereocenters. The number of hydrogen-bond donors (Lipinski definition) is 1. The van der Waals surface area contributed by atoms with Crippen molar-refractivity contribution in [2.45, 2.75) is 46.2 Å². The standard InChI is InChI=1S/C23H30N2O/c1-18(2)15-23(26)24-16-21-7-3-4-8-22(21)20-11-9-19(10-12-20)17-25-13-5-6-14-25/h3-4,7-12,18H,5-6,13-17H2,1-2H3,(H,24,26). The lowest BCUT2D eigenvalue weighted by atomic mass is 9.98. The van der Waals surface area contributed by atoms with Gasteiger partial charge in [-0.15, -0.1) is 0 Å². The van der Waals surface area contributed by atoms with E-state index in [-0.39, 0.29) is 5.91 Å². The first kappa shape index (κ1) is 18.7. The fourth-order valence-electron chi connectivity index (χ4n) is 3.58. The Kier molecular flexibility index (Phi) is 6.45. The Morgan fingerprint density at radius 2 is 1.73 bits per heavy atom. The Labute approximate surface area is 157 Å². The maximum Gasteiger partial charge on any atom is 0.220 e. The number of carbonyl (C=O) groups is 1. The third-order valence-corrected chi connectivity index (χ3v) is 4.96. The maximum absolute atomic E-state index is 12.0. The molecule has 1 aliphatic heterocycles. The summed E-state index contributed by atoms with van der Waals surface area (Å²) in [4.78, 5) is 14.5. The van der Waals surface area contributed by atoms with Gasteiger partial charge in [0.15, 0.2) is 0 Å². The summed E-state index contributed by atoms with van der Waals surface area (Å²) >= 11 is 0. The number of hydrogen-bond acceptors (Lipinski definition) is 2. The van der Waals surface area contributed by atoms with Crippen molar-refractivity contribution in [3.8, 4) is 11.1 Å². The molecular weight excluding hydrogens is 320 g/mol. The maximum atomic E-state index is 12.0. The van der Waals surface area contributed by atoms with Gasteiger partial charge >= 0.3 is 0 Å². The van der Waals surface area contributed by atoms with E-state index in [0.29, 0.717) is 18.9 Å². The van der Waals surface area contributed by atoms with E-state index in [1.807, 2.05) is 6.07 Å². The molecule has 2 aromatic carbocycles. The highest BCUT2D eigenvalue weighted by Gasteiger charge is 2.12. The van der Waals surface area contributed by atoms with Crippen LogP contribution in [0.15, 0.2) is 48.5 Å². The monoisotopic (exact) mass is 350 g/mol. The molecule has 0 aromatic heterocycles. The number of likely N-dealkylation sites (tertiary alicyclic amines) is 1. The van der Waals surface area contributed by atoms with Gasteiger partial charge in [0.2, 0.25) is 5.91 Å². The topological polar surface area (TPSA) is 32.3 Å².